The van der Waals surface area contributed by atoms with Crippen molar-refractivity contribution in [1.82, 2.24) is 19.7 Å². The van der Waals surface area contributed by atoms with Crippen LogP contribution in [0.5, 0.6) is 0 Å². The van der Waals surface area contributed by atoms with Crippen LogP contribution in [0.15, 0.2) is 39.8 Å². The largest absolute Gasteiger partial charge is 0.360 e. The third kappa shape index (κ3) is 6.43. The Morgan fingerprint density at radius 3 is 2.52 bits per heavy atom. The van der Waals surface area contributed by atoms with Gasteiger partial charge in [0, 0.05) is 32.1 Å². The fraction of sp³-hybridized carbons (Fsp3) is 0.583. The van der Waals surface area contributed by atoms with E-state index in [1.165, 1.54) is 9.87 Å². The molecule has 0 spiro atoms. The minimum atomic E-state index is -3.63. The Hall–Kier alpha value is -2.23. The third-order valence-corrected chi connectivity index (χ3v) is 8.64. The molecule has 3 rings (SSSR count). The molecule has 1 saturated heterocycles. The number of sulfonamides is 1. The molecular formula is C24H36N4O4S. The maximum Gasteiger partial charge on any atom is 0.248 e. The standard InChI is InChI=1S/C24H36N4O4S/c1-18(24(29)25-13-8-14-27(4)17-21-9-6-5-7-10-21)22-11-15-28(16-12-22)33(30,31)23-19(2)26-32-20(23)3/h5-7,9-10,18,22H,8,11-17H2,1-4H3,(H,25,29). The van der Waals surface area contributed by atoms with Crippen molar-refractivity contribution < 1.29 is 17.7 Å². The number of nitrogens with zero attached hydrogens (tertiary/aromatic N) is 3. The molecule has 0 aliphatic carbocycles. The highest BCUT2D eigenvalue weighted by atomic mass is 32.2. The first-order chi connectivity index (χ1) is 15.7. The molecule has 2 aromatic rings. The molecule has 9 heteroatoms. The van der Waals surface area contributed by atoms with E-state index in [0.717, 1.165) is 19.5 Å². The first-order valence-corrected chi connectivity index (χ1v) is 13.1. The summed E-state index contributed by atoms with van der Waals surface area (Å²) in [5.41, 5.74) is 1.66. The number of hydrogen-bond acceptors (Lipinski definition) is 6. The molecular weight excluding hydrogens is 440 g/mol. The van der Waals surface area contributed by atoms with Crippen LogP contribution < -0.4 is 5.32 Å². The van der Waals surface area contributed by atoms with Gasteiger partial charge in [-0.2, -0.15) is 4.31 Å². The van der Waals surface area contributed by atoms with Gasteiger partial charge in [0.05, 0.1) is 0 Å². The summed E-state index contributed by atoms with van der Waals surface area (Å²) >= 11 is 0. The fourth-order valence-corrected chi connectivity index (χ4v) is 6.26. The maximum atomic E-state index is 13.0. The molecule has 0 saturated carbocycles. The number of hydrogen-bond donors (Lipinski definition) is 1. The van der Waals surface area contributed by atoms with Crippen molar-refractivity contribution in [3.05, 3.63) is 47.3 Å². The second kappa shape index (κ2) is 11.3. The van der Waals surface area contributed by atoms with Crippen molar-refractivity contribution >= 4 is 15.9 Å². The number of piperidine rings is 1. The Bertz CT molecular complexity index is 995. The highest BCUT2D eigenvalue weighted by Gasteiger charge is 2.36. The second-order valence-electron chi connectivity index (χ2n) is 9.05. The van der Waals surface area contributed by atoms with Gasteiger partial charge >= 0.3 is 0 Å². The van der Waals surface area contributed by atoms with Crippen molar-refractivity contribution in [2.75, 3.05) is 33.2 Å². The summed E-state index contributed by atoms with van der Waals surface area (Å²) in [4.78, 5) is 15.1. The summed E-state index contributed by atoms with van der Waals surface area (Å²) in [5.74, 6) is 0.391. The lowest BCUT2D eigenvalue weighted by molar-refractivity contribution is -0.126. The third-order valence-electron chi connectivity index (χ3n) is 6.50. The van der Waals surface area contributed by atoms with E-state index in [0.29, 0.717) is 43.9 Å². The molecule has 0 bridgehead atoms. The lowest BCUT2D eigenvalue weighted by Crippen LogP contribution is -2.43. The number of nitrogens with one attached hydrogen (secondary N) is 1. The molecule has 1 aromatic carbocycles. The maximum absolute atomic E-state index is 13.0. The van der Waals surface area contributed by atoms with Gasteiger partial charge in [-0.3, -0.25) is 4.79 Å². The van der Waals surface area contributed by atoms with Gasteiger partial charge in [-0.1, -0.05) is 42.4 Å². The molecule has 8 nitrogen and oxygen atoms in total. The molecule has 1 fully saturated rings. The summed E-state index contributed by atoms with van der Waals surface area (Å²) in [6.45, 7) is 8.44. The Morgan fingerprint density at radius 1 is 1.24 bits per heavy atom. The number of carbonyl (C=O) groups is 1. The zero-order valence-corrected chi connectivity index (χ0v) is 20.9. The van der Waals surface area contributed by atoms with Crippen molar-refractivity contribution in [1.29, 1.82) is 0 Å². The average Bonchev–Trinajstić information content (AvgIpc) is 3.15. The van der Waals surface area contributed by atoms with Gasteiger partial charge in [0.15, 0.2) is 5.76 Å². The van der Waals surface area contributed by atoms with Gasteiger partial charge in [0.2, 0.25) is 15.9 Å². The molecule has 1 aliphatic rings. The molecule has 1 aliphatic heterocycles. The summed E-state index contributed by atoms with van der Waals surface area (Å²) in [6.07, 6.45) is 2.21. The Kier molecular flexibility index (Phi) is 8.67. The summed E-state index contributed by atoms with van der Waals surface area (Å²) < 4.78 is 32.5. The quantitative estimate of drug-likeness (QED) is 0.530. The smallest absolute Gasteiger partial charge is 0.248 e. The summed E-state index contributed by atoms with van der Waals surface area (Å²) in [5, 5.41) is 6.83. The number of aryl methyl sites for hydroxylation is 2. The van der Waals surface area contributed by atoms with E-state index in [-0.39, 0.29) is 22.6 Å². The first kappa shape index (κ1) is 25.4. The van der Waals surface area contributed by atoms with Crippen LogP contribution >= 0.6 is 0 Å². The van der Waals surface area contributed by atoms with Crippen molar-refractivity contribution in [2.45, 2.75) is 51.5 Å². The zero-order valence-electron chi connectivity index (χ0n) is 20.1. The van der Waals surface area contributed by atoms with Gasteiger partial charge in [0.1, 0.15) is 10.6 Å². The van der Waals surface area contributed by atoms with Crippen LogP contribution in [-0.4, -0.2) is 61.9 Å². The number of benzene rings is 1. The predicted octanol–water partition coefficient (Wildman–Crippen LogP) is 2.97. The van der Waals surface area contributed by atoms with Gasteiger partial charge in [-0.05, 0) is 58.2 Å². The second-order valence-corrected chi connectivity index (χ2v) is 10.9. The number of rotatable bonds is 10. The van der Waals surface area contributed by atoms with Crippen LogP contribution in [0.25, 0.3) is 0 Å². The van der Waals surface area contributed by atoms with Crippen molar-refractivity contribution in [3.63, 3.8) is 0 Å². The Morgan fingerprint density at radius 2 is 1.91 bits per heavy atom. The van der Waals surface area contributed by atoms with Crippen LogP contribution in [0.2, 0.25) is 0 Å². The molecule has 1 aromatic heterocycles. The van der Waals surface area contributed by atoms with E-state index < -0.39 is 10.0 Å². The Balaban J connectivity index is 1.40. The normalized spacial score (nSPS) is 16.8. The van der Waals surface area contributed by atoms with Crippen LogP contribution in [0.3, 0.4) is 0 Å². The molecule has 33 heavy (non-hydrogen) atoms. The van der Waals surface area contributed by atoms with Crippen LogP contribution in [0.1, 0.15) is 43.2 Å². The van der Waals surface area contributed by atoms with E-state index in [1.807, 2.05) is 25.1 Å². The summed E-state index contributed by atoms with van der Waals surface area (Å²) in [7, 11) is -1.54. The Labute approximate surface area is 197 Å². The lowest BCUT2D eigenvalue weighted by Gasteiger charge is -2.33. The van der Waals surface area contributed by atoms with Gasteiger partial charge in [0.25, 0.3) is 0 Å². The minimum absolute atomic E-state index is 0.0488. The highest BCUT2D eigenvalue weighted by molar-refractivity contribution is 7.89. The number of aromatic nitrogens is 1. The van der Waals surface area contributed by atoms with E-state index in [2.05, 4.69) is 34.6 Å². The molecule has 0 radical (unpaired) electrons. The van der Waals surface area contributed by atoms with E-state index in [9.17, 15) is 13.2 Å². The SMILES string of the molecule is Cc1noc(C)c1S(=O)(=O)N1CCC(C(C)C(=O)NCCCN(C)Cc2ccccc2)CC1. The molecule has 1 amide bonds. The summed E-state index contributed by atoms with van der Waals surface area (Å²) in [6, 6.07) is 10.3. The molecule has 182 valence electrons. The van der Waals surface area contributed by atoms with Gasteiger partial charge < -0.3 is 14.7 Å². The number of amides is 1. The molecule has 2 heterocycles. The van der Waals surface area contributed by atoms with Crippen molar-refractivity contribution in [3.8, 4) is 0 Å². The highest BCUT2D eigenvalue weighted by Crippen LogP contribution is 2.30. The fourth-order valence-electron chi connectivity index (χ4n) is 4.50. The van der Waals surface area contributed by atoms with Gasteiger partial charge in [-0.25, -0.2) is 8.42 Å². The van der Waals surface area contributed by atoms with E-state index >= 15 is 0 Å². The zero-order chi connectivity index (χ0) is 24.0. The van der Waals surface area contributed by atoms with E-state index in [1.54, 1.807) is 13.8 Å². The molecule has 1 atom stereocenters. The van der Waals surface area contributed by atoms with Crippen molar-refractivity contribution in [2.24, 2.45) is 11.8 Å². The monoisotopic (exact) mass is 476 g/mol. The topological polar surface area (TPSA) is 95.8 Å². The first-order valence-electron chi connectivity index (χ1n) is 11.6. The minimum Gasteiger partial charge on any atom is -0.360 e. The molecule has 1 N–H and O–H groups in total. The average molecular weight is 477 g/mol. The van der Waals surface area contributed by atoms with E-state index in [4.69, 9.17) is 4.52 Å². The van der Waals surface area contributed by atoms with Crippen LogP contribution in [-0.2, 0) is 21.4 Å². The molecule has 1 unspecified atom stereocenters. The predicted molar refractivity (Wildman–Crippen MR) is 127 cm³/mol. The van der Waals surface area contributed by atoms with Crippen LogP contribution in [0, 0.1) is 25.7 Å². The van der Waals surface area contributed by atoms with Crippen LogP contribution in [0.4, 0.5) is 0 Å². The number of carbonyl (C=O) groups excluding carboxylic acids is 1. The van der Waals surface area contributed by atoms with Gasteiger partial charge in [-0.15, -0.1) is 0 Å². The lowest BCUT2D eigenvalue weighted by atomic mass is 9.85.